The highest BCUT2D eigenvalue weighted by Crippen LogP contribution is 2.24. The number of phenols is 1. The minimum Gasteiger partial charge on any atom is -0.507 e. The van der Waals surface area contributed by atoms with Gasteiger partial charge in [0.1, 0.15) is 11.5 Å². The Morgan fingerprint density at radius 3 is 2.63 bits per heavy atom. The molecule has 1 N–H and O–H groups in total. The number of hydrogen-bond acceptors (Lipinski definition) is 4. The second-order valence-corrected chi connectivity index (χ2v) is 3.96. The number of rotatable bonds is 7. The van der Waals surface area contributed by atoms with Gasteiger partial charge in [0.05, 0.1) is 19.3 Å². The summed E-state index contributed by atoms with van der Waals surface area (Å²) in [5.74, 6) is 0.244. The fourth-order valence-electron chi connectivity index (χ4n) is 1.71. The van der Waals surface area contributed by atoms with Gasteiger partial charge in [-0.25, -0.2) is 0 Å². The topological polar surface area (TPSA) is 59.0 Å². The first kappa shape index (κ1) is 15.3. The number of aromatic hydroxyl groups is 1. The molecule has 19 heavy (non-hydrogen) atoms. The van der Waals surface area contributed by atoms with Crippen LogP contribution in [0.2, 0.25) is 0 Å². The average Bonchev–Trinajstić information content (AvgIpc) is 2.43. The molecular weight excluding hydrogens is 246 g/mol. The summed E-state index contributed by atoms with van der Waals surface area (Å²) >= 11 is 0. The first-order valence-electron chi connectivity index (χ1n) is 6.38. The second kappa shape index (κ2) is 7.63. The van der Waals surface area contributed by atoms with Crippen molar-refractivity contribution in [3.63, 3.8) is 0 Å². The van der Waals surface area contributed by atoms with Gasteiger partial charge in [-0.3, -0.25) is 4.79 Å². The SMILES string of the molecule is CCOCCN(CC)C(=O)c1ccc(OC)cc1O. The van der Waals surface area contributed by atoms with Crippen molar-refractivity contribution in [2.24, 2.45) is 0 Å². The molecule has 5 nitrogen and oxygen atoms in total. The van der Waals surface area contributed by atoms with Gasteiger partial charge in [-0.2, -0.15) is 0 Å². The van der Waals surface area contributed by atoms with Crippen molar-refractivity contribution in [1.29, 1.82) is 0 Å². The number of nitrogens with zero attached hydrogens (tertiary/aromatic N) is 1. The van der Waals surface area contributed by atoms with Gasteiger partial charge in [0.25, 0.3) is 5.91 Å². The molecule has 0 radical (unpaired) electrons. The first-order chi connectivity index (χ1) is 9.13. The van der Waals surface area contributed by atoms with Gasteiger partial charge < -0.3 is 19.5 Å². The molecule has 1 aromatic carbocycles. The van der Waals surface area contributed by atoms with Crippen molar-refractivity contribution in [2.45, 2.75) is 13.8 Å². The zero-order valence-electron chi connectivity index (χ0n) is 11.7. The van der Waals surface area contributed by atoms with Gasteiger partial charge in [0, 0.05) is 25.8 Å². The van der Waals surface area contributed by atoms with E-state index < -0.39 is 0 Å². The minimum absolute atomic E-state index is 0.0702. The monoisotopic (exact) mass is 267 g/mol. The predicted molar refractivity (Wildman–Crippen MR) is 72.7 cm³/mol. The fraction of sp³-hybridized carbons (Fsp3) is 0.500. The summed E-state index contributed by atoms with van der Waals surface area (Å²) in [6, 6.07) is 4.66. The minimum atomic E-state index is -0.206. The quantitative estimate of drug-likeness (QED) is 0.767. The van der Waals surface area contributed by atoms with Crippen LogP contribution in [-0.2, 0) is 4.74 Å². The van der Waals surface area contributed by atoms with Crippen molar-refractivity contribution in [1.82, 2.24) is 4.90 Å². The summed E-state index contributed by atoms with van der Waals surface area (Å²) in [6.07, 6.45) is 0. The van der Waals surface area contributed by atoms with Crippen LogP contribution in [0.15, 0.2) is 18.2 Å². The molecule has 0 saturated carbocycles. The molecular formula is C14H21NO4. The smallest absolute Gasteiger partial charge is 0.257 e. The number of likely N-dealkylation sites (N-methyl/N-ethyl adjacent to an activating group) is 1. The Morgan fingerprint density at radius 2 is 2.11 bits per heavy atom. The van der Waals surface area contributed by atoms with Crippen LogP contribution < -0.4 is 4.74 Å². The standard InChI is InChI=1S/C14H21NO4/c1-4-15(8-9-19-5-2)14(17)12-7-6-11(18-3)10-13(12)16/h6-7,10,16H,4-5,8-9H2,1-3H3. The summed E-state index contributed by atoms with van der Waals surface area (Å²) in [5.41, 5.74) is 0.277. The molecule has 106 valence electrons. The Kier molecular flexibility index (Phi) is 6.15. The molecule has 0 bridgehead atoms. The zero-order chi connectivity index (χ0) is 14.3. The summed E-state index contributed by atoms with van der Waals surface area (Å²) < 4.78 is 10.2. The molecule has 0 aliphatic carbocycles. The lowest BCUT2D eigenvalue weighted by molar-refractivity contribution is 0.0666. The van der Waals surface area contributed by atoms with Crippen molar-refractivity contribution in [3.05, 3.63) is 23.8 Å². The average molecular weight is 267 g/mol. The number of ether oxygens (including phenoxy) is 2. The van der Waals surface area contributed by atoms with Crippen LogP contribution in [0.4, 0.5) is 0 Å². The fourth-order valence-corrected chi connectivity index (χ4v) is 1.71. The van der Waals surface area contributed by atoms with E-state index in [1.807, 2.05) is 13.8 Å². The largest absolute Gasteiger partial charge is 0.507 e. The molecule has 5 heteroatoms. The Bertz CT molecular complexity index is 420. The number of amides is 1. The first-order valence-corrected chi connectivity index (χ1v) is 6.38. The maximum Gasteiger partial charge on any atom is 0.257 e. The Hall–Kier alpha value is -1.75. The highest BCUT2D eigenvalue weighted by molar-refractivity contribution is 5.97. The van der Waals surface area contributed by atoms with Crippen LogP contribution in [0.5, 0.6) is 11.5 Å². The molecule has 0 aromatic heterocycles. The van der Waals surface area contributed by atoms with Gasteiger partial charge >= 0.3 is 0 Å². The van der Waals surface area contributed by atoms with Gasteiger partial charge in [0.2, 0.25) is 0 Å². The van der Waals surface area contributed by atoms with E-state index in [1.54, 1.807) is 17.0 Å². The van der Waals surface area contributed by atoms with Crippen LogP contribution >= 0.6 is 0 Å². The molecule has 0 spiro atoms. The van der Waals surface area contributed by atoms with E-state index in [1.165, 1.54) is 13.2 Å². The van der Waals surface area contributed by atoms with Gasteiger partial charge in [0.15, 0.2) is 0 Å². The molecule has 0 aliphatic heterocycles. The van der Waals surface area contributed by atoms with Crippen molar-refractivity contribution in [3.8, 4) is 11.5 Å². The summed E-state index contributed by atoms with van der Waals surface area (Å²) in [5, 5.41) is 9.85. The molecule has 1 amide bonds. The third-order valence-electron chi connectivity index (χ3n) is 2.81. The summed E-state index contributed by atoms with van der Waals surface area (Å²) in [4.78, 5) is 13.9. The Morgan fingerprint density at radius 1 is 1.37 bits per heavy atom. The lowest BCUT2D eigenvalue weighted by Gasteiger charge is -2.21. The van der Waals surface area contributed by atoms with Crippen LogP contribution in [0.3, 0.4) is 0 Å². The van der Waals surface area contributed by atoms with Gasteiger partial charge in [-0.05, 0) is 26.0 Å². The second-order valence-electron chi connectivity index (χ2n) is 3.96. The summed E-state index contributed by atoms with van der Waals surface area (Å²) in [6.45, 7) is 6.00. The van der Waals surface area contributed by atoms with E-state index >= 15 is 0 Å². The highest BCUT2D eigenvalue weighted by Gasteiger charge is 2.17. The number of phenolic OH excluding ortho intramolecular Hbond substituents is 1. The number of benzene rings is 1. The third kappa shape index (κ3) is 4.13. The number of hydrogen-bond donors (Lipinski definition) is 1. The zero-order valence-corrected chi connectivity index (χ0v) is 11.7. The maximum atomic E-state index is 12.3. The molecule has 0 heterocycles. The Labute approximate surface area is 113 Å². The molecule has 1 aromatic rings. The maximum absolute atomic E-state index is 12.3. The molecule has 1 rings (SSSR count). The van der Waals surface area contributed by atoms with E-state index in [9.17, 15) is 9.90 Å². The molecule has 0 atom stereocenters. The van der Waals surface area contributed by atoms with Crippen LogP contribution in [0.25, 0.3) is 0 Å². The molecule has 0 saturated heterocycles. The summed E-state index contributed by atoms with van der Waals surface area (Å²) in [7, 11) is 1.51. The lowest BCUT2D eigenvalue weighted by Crippen LogP contribution is -2.33. The van der Waals surface area contributed by atoms with Crippen LogP contribution in [0.1, 0.15) is 24.2 Å². The highest BCUT2D eigenvalue weighted by atomic mass is 16.5. The normalized spacial score (nSPS) is 10.3. The van der Waals surface area contributed by atoms with Crippen LogP contribution in [0, 0.1) is 0 Å². The van der Waals surface area contributed by atoms with E-state index in [0.29, 0.717) is 32.1 Å². The molecule has 0 fully saturated rings. The molecule has 0 unspecified atom stereocenters. The van der Waals surface area contributed by atoms with Gasteiger partial charge in [-0.1, -0.05) is 0 Å². The van der Waals surface area contributed by atoms with E-state index in [4.69, 9.17) is 9.47 Å². The van der Waals surface area contributed by atoms with Gasteiger partial charge in [-0.15, -0.1) is 0 Å². The number of carbonyl (C=O) groups excluding carboxylic acids is 1. The van der Waals surface area contributed by atoms with Crippen LogP contribution in [-0.4, -0.2) is 49.3 Å². The van der Waals surface area contributed by atoms with E-state index in [2.05, 4.69) is 0 Å². The lowest BCUT2D eigenvalue weighted by atomic mass is 10.1. The van der Waals surface area contributed by atoms with Crippen molar-refractivity contribution >= 4 is 5.91 Å². The van der Waals surface area contributed by atoms with Crippen molar-refractivity contribution < 1.29 is 19.4 Å². The van der Waals surface area contributed by atoms with E-state index in [0.717, 1.165) is 0 Å². The number of carbonyl (C=O) groups is 1. The Balaban J connectivity index is 2.79. The van der Waals surface area contributed by atoms with E-state index in [-0.39, 0.29) is 17.2 Å². The molecule has 0 aliphatic rings. The third-order valence-corrected chi connectivity index (χ3v) is 2.81. The van der Waals surface area contributed by atoms with Crippen molar-refractivity contribution in [2.75, 3.05) is 33.4 Å². The number of methoxy groups -OCH3 is 1. The predicted octanol–water partition coefficient (Wildman–Crippen LogP) is 1.90.